The lowest BCUT2D eigenvalue weighted by atomic mass is 10.2. The molecule has 0 spiro atoms. The van der Waals surface area contributed by atoms with Crippen molar-refractivity contribution in [1.82, 2.24) is 0 Å². The van der Waals surface area contributed by atoms with E-state index in [1.54, 1.807) is 0 Å². The number of hydrogen-bond acceptors (Lipinski definition) is 4. The molecular formula is C11H13ClO4S. The molecule has 1 heterocycles. The maximum Gasteiger partial charge on any atom is 0.297 e. The molecule has 0 radical (unpaired) electrons. The van der Waals surface area contributed by atoms with Gasteiger partial charge >= 0.3 is 0 Å². The van der Waals surface area contributed by atoms with E-state index >= 15 is 0 Å². The minimum absolute atomic E-state index is 0.0744. The molecule has 6 heteroatoms. The third-order valence-corrected chi connectivity index (χ3v) is 4.08. The smallest absolute Gasteiger partial charge is 0.297 e. The first-order chi connectivity index (χ1) is 8.08. The highest BCUT2D eigenvalue weighted by molar-refractivity contribution is 7.86. The zero-order valence-corrected chi connectivity index (χ0v) is 10.7. The molecule has 0 aromatic heterocycles. The van der Waals surface area contributed by atoms with Crippen LogP contribution in [0.2, 0.25) is 5.02 Å². The predicted molar refractivity (Wildman–Crippen MR) is 63.6 cm³/mol. The SMILES string of the molecule is O=S(=O)(OCC1CCCO1)c1ccc(Cl)cc1. The normalized spacial score (nSPS) is 20.6. The third kappa shape index (κ3) is 3.42. The van der Waals surface area contributed by atoms with Gasteiger partial charge in [0, 0.05) is 11.6 Å². The summed E-state index contributed by atoms with van der Waals surface area (Å²) in [6, 6.07) is 5.88. The van der Waals surface area contributed by atoms with Gasteiger partial charge < -0.3 is 4.74 Å². The van der Waals surface area contributed by atoms with Crippen molar-refractivity contribution in [3.63, 3.8) is 0 Å². The maximum absolute atomic E-state index is 11.8. The van der Waals surface area contributed by atoms with Crippen molar-refractivity contribution in [3.8, 4) is 0 Å². The van der Waals surface area contributed by atoms with E-state index in [0.29, 0.717) is 11.6 Å². The molecule has 1 aliphatic rings. The van der Waals surface area contributed by atoms with Crippen molar-refractivity contribution in [2.45, 2.75) is 23.8 Å². The minimum Gasteiger partial charge on any atom is -0.376 e. The molecule has 1 aromatic rings. The van der Waals surface area contributed by atoms with E-state index < -0.39 is 10.1 Å². The summed E-state index contributed by atoms with van der Waals surface area (Å²) in [4.78, 5) is 0.111. The second-order valence-corrected chi connectivity index (χ2v) is 5.88. The number of hydrogen-bond donors (Lipinski definition) is 0. The van der Waals surface area contributed by atoms with Crippen molar-refractivity contribution in [2.24, 2.45) is 0 Å². The molecular weight excluding hydrogens is 264 g/mol. The zero-order chi connectivity index (χ0) is 12.3. The predicted octanol–water partition coefficient (Wildman–Crippen LogP) is 2.22. The molecule has 1 aromatic carbocycles. The summed E-state index contributed by atoms with van der Waals surface area (Å²) in [5.41, 5.74) is 0. The molecule has 1 fully saturated rings. The van der Waals surface area contributed by atoms with Gasteiger partial charge in [-0.25, -0.2) is 0 Å². The molecule has 1 unspecified atom stereocenters. The largest absolute Gasteiger partial charge is 0.376 e. The fourth-order valence-electron chi connectivity index (χ4n) is 1.61. The highest BCUT2D eigenvalue weighted by Crippen LogP contribution is 2.18. The van der Waals surface area contributed by atoms with E-state index in [1.807, 2.05) is 0 Å². The van der Waals surface area contributed by atoms with Crippen molar-refractivity contribution in [1.29, 1.82) is 0 Å². The Bertz CT molecular complexity index is 463. The van der Waals surface area contributed by atoms with Crippen LogP contribution in [0.15, 0.2) is 29.2 Å². The summed E-state index contributed by atoms with van der Waals surface area (Å²) in [6.07, 6.45) is 1.68. The molecule has 2 rings (SSSR count). The minimum atomic E-state index is -3.70. The Kier molecular flexibility index (Phi) is 4.04. The van der Waals surface area contributed by atoms with Crippen LogP contribution in [-0.4, -0.2) is 27.7 Å². The van der Waals surface area contributed by atoms with Gasteiger partial charge in [-0.3, -0.25) is 4.18 Å². The average Bonchev–Trinajstić information content (AvgIpc) is 2.80. The van der Waals surface area contributed by atoms with Gasteiger partial charge in [0.15, 0.2) is 0 Å². The first-order valence-corrected chi connectivity index (χ1v) is 7.13. The van der Waals surface area contributed by atoms with Crippen molar-refractivity contribution in [2.75, 3.05) is 13.2 Å². The van der Waals surface area contributed by atoms with Gasteiger partial charge in [-0.05, 0) is 37.1 Å². The second kappa shape index (κ2) is 5.35. The lowest BCUT2D eigenvalue weighted by Gasteiger charge is -2.10. The Morgan fingerprint density at radius 2 is 2.06 bits per heavy atom. The van der Waals surface area contributed by atoms with E-state index in [9.17, 15) is 8.42 Å². The number of rotatable bonds is 4. The van der Waals surface area contributed by atoms with Crippen molar-refractivity contribution < 1.29 is 17.3 Å². The standard InChI is InChI=1S/C11H13ClO4S/c12-9-3-5-11(6-4-9)17(13,14)16-8-10-2-1-7-15-10/h3-6,10H,1-2,7-8H2. The van der Waals surface area contributed by atoms with Crippen LogP contribution < -0.4 is 0 Å². The van der Waals surface area contributed by atoms with Crippen LogP contribution in [0.5, 0.6) is 0 Å². The quantitative estimate of drug-likeness (QED) is 0.792. The Morgan fingerprint density at radius 3 is 2.65 bits per heavy atom. The molecule has 1 aliphatic heterocycles. The van der Waals surface area contributed by atoms with Crippen LogP contribution in [0, 0.1) is 0 Å². The van der Waals surface area contributed by atoms with E-state index in [0.717, 1.165) is 12.8 Å². The van der Waals surface area contributed by atoms with Crippen LogP contribution in [0.3, 0.4) is 0 Å². The van der Waals surface area contributed by atoms with E-state index in [-0.39, 0.29) is 17.6 Å². The second-order valence-electron chi connectivity index (χ2n) is 3.83. The first-order valence-electron chi connectivity index (χ1n) is 5.34. The number of halogens is 1. The fourth-order valence-corrected chi connectivity index (χ4v) is 2.67. The Morgan fingerprint density at radius 1 is 1.35 bits per heavy atom. The van der Waals surface area contributed by atoms with Crippen molar-refractivity contribution in [3.05, 3.63) is 29.3 Å². The van der Waals surface area contributed by atoms with Crippen LogP contribution in [0.25, 0.3) is 0 Å². The summed E-state index contributed by atoms with van der Waals surface area (Å²) in [7, 11) is -3.70. The molecule has 94 valence electrons. The molecule has 0 amide bonds. The first kappa shape index (κ1) is 12.8. The average molecular weight is 277 g/mol. The zero-order valence-electron chi connectivity index (χ0n) is 9.13. The van der Waals surface area contributed by atoms with E-state index in [2.05, 4.69) is 0 Å². The maximum atomic E-state index is 11.8. The van der Waals surface area contributed by atoms with Crippen LogP contribution in [-0.2, 0) is 19.0 Å². The number of benzene rings is 1. The lowest BCUT2D eigenvalue weighted by Crippen LogP contribution is -2.18. The Hall–Kier alpha value is -0.620. The summed E-state index contributed by atoms with van der Waals surface area (Å²) in [5.74, 6) is 0. The summed E-state index contributed by atoms with van der Waals surface area (Å²) in [5, 5.41) is 0.489. The molecule has 1 atom stereocenters. The van der Waals surface area contributed by atoms with Crippen LogP contribution in [0.4, 0.5) is 0 Å². The summed E-state index contributed by atoms with van der Waals surface area (Å²) >= 11 is 5.69. The van der Waals surface area contributed by atoms with Crippen molar-refractivity contribution >= 4 is 21.7 Å². The Labute approximate surface area is 106 Å². The summed E-state index contributed by atoms with van der Waals surface area (Å²) < 4.78 is 33.8. The van der Waals surface area contributed by atoms with Gasteiger partial charge in [0.2, 0.25) is 0 Å². The molecule has 1 saturated heterocycles. The van der Waals surface area contributed by atoms with Crippen LogP contribution >= 0.6 is 11.6 Å². The topological polar surface area (TPSA) is 52.6 Å². The van der Waals surface area contributed by atoms with Gasteiger partial charge in [-0.2, -0.15) is 8.42 Å². The lowest BCUT2D eigenvalue weighted by molar-refractivity contribution is 0.0701. The van der Waals surface area contributed by atoms with Gasteiger partial charge in [0.05, 0.1) is 17.6 Å². The van der Waals surface area contributed by atoms with Gasteiger partial charge in [-0.15, -0.1) is 0 Å². The van der Waals surface area contributed by atoms with Crippen LogP contribution in [0.1, 0.15) is 12.8 Å². The van der Waals surface area contributed by atoms with Gasteiger partial charge in [0.25, 0.3) is 10.1 Å². The molecule has 0 saturated carbocycles. The molecule has 4 nitrogen and oxygen atoms in total. The molecule has 0 bridgehead atoms. The Balaban J connectivity index is 2.00. The highest BCUT2D eigenvalue weighted by Gasteiger charge is 2.21. The summed E-state index contributed by atoms with van der Waals surface area (Å²) in [6.45, 7) is 0.750. The number of ether oxygens (including phenoxy) is 1. The van der Waals surface area contributed by atoms with Gasteiger partial charge in [-0.1, -0.05) is 11.6 Å². The monoisotopic (exact) mass is 276 g/mol. The third-order valence-electron chi connectivity index (χ3n) is 2.54. The van der Waals surface area contributed by atoms with E-state index in [4.69, 9.17) is 20.5 Å². The molecule has 17 heavy (non-hydrogen) atoms. The fraction of sp³-hybridized carbons (Fsp3) is 0.455. The molecule has 0 aliphatic carbocycles. The van der Waals surface area contributed by atoms with E-state index in [1.165, 1.54) is 24.3 Å². The highest BCUT2D eigenvalue weighted by atomic mass is 35.5. The molecule has 0 N–H and O–H groups in total. The van der Waals surface area contributed by atoms with Gasteiger partial charge in [0.1, 0.15) is 0 Å².